The van der Waals surface area contributed by atoms with Crippen LogP contribution in [0.1, 0.15) is 0 Å². The van der Waals surface area contributed by atoms with Crippen LogP contribution in [0.5, 0.6) is 0 Å². The van der Waals surface area contributed by atoms with E-state index in [0.29, 0.717) is 0 Å². The molecule has 4 N–H and O–H groups in total. The van der Waals surface area contributed by atoms with Crippen molar-refractivity contribution in [3.63, 3.8) is 0 Å². The highest BCUT2D eigenvalue weighted by molar-refractivity contribution is 4.67. The van der Waals surface area contributed by atoms with Crippen LogP contribution >= 0.6 is 0 Å². The van der Waals surface area contributed by atoms with Crippen molar-refractivity contribution in [3.05, 3.63) is 0 Å². The maximum absolute atomic E-state index is 5.15. The van der Waals surface area contributed by atoms with Crippen LogP contribution in [0, 0.1) is 0 Å². The van der Waals surface area contributed by atoms with Gasteiger partial charge in [-0.15, -0.1) is 0 Å². The van der Waals surface area contributed by atoms with E-state index >= 15 is 0 Å². The Kier molecular flexibility index (Phi) is 3.67. The quantitative estimate of drug-likeness (QED) is 0.328. The number of nitrogens with two attached hydrogens (primary N) is 1. The molecule has 1 heterocycles. The van der Waals surface area contributed by atoms with Crippen LogP contribution in [-0.4, -0.2) is 44.2 Å². The molecule has 4 nitrogen and oxygen atoms in total. The average molecular weight is 144 g/mol. The molecule has 0 atom stereocenters. The molecule has 0 saturated carbocycles. The van der Waals surface area contributed by atoms with E-state index in [1.807, 2.05) is 0 Å². The van der Waals surface area contributed by atoms with E-state index in [1.165, 1.54) is 0 Å². The molecule has 0 bridgehead atoms. The van der Waals surface area contributed by atoms with E-state index in [-0.39, 0.29) is 0 Å². The molecule has 4 heteroatoms. The second-order valence-corrected chi connectivity index (χ2v) is 2.55. The van der Waals surface area contributed by atoms with Crippen molar-refractivity contribution in [2.75, 3.05) is 39.3 Å². The van der Waals surface area contributed by atoms with Gasteiger partial charge in [0.25, 0.3) is 0 Å². The third kappa shape index (κ3) is 2.62. The van der Waals surface area contributed by atoms with Crippen LogP contribution in [0.4, 0.5) is 0 Å². The molecule has 60 valence electrons. The van der Waals surface area contributed by atoms with Gasteiger partial charge in [-0.2, -0.15) is 0 Å². The second kappa shape index (κ2) is 4.62. The van der Waals surface area contributed by atoms with Crippen molar-refractivity contribution < 1.29 is 0 Å². The van der Waals surface area contributed by atoms with Gasteiger partial charge in [0.2, 0.25) is 0 Å². The summed E-state index contributed by atoms with van der Waals surface area (Å²) in [6.07, 6.45) is 0. The molecule has 0 radical (unpaired) electrons. The van der Waals surface area contributed by atoms with Crippen molar-refractivity contribution in [1.82, 2.24) is 15.6 Å². The Morgan fingerprint density at radius 1 is 1.40 bits per heavy atom. The highest BCUT2D eigenvalue weighted by Crippen LogP contribution is 1.88. The molecule has 0 aromatic rings. The summed E-state index contributed by atoms with van der Waals surface area (Å²) in [5.41, 5.74) is 2.65. The van der Waals surface area contributed by atoms with Gasteiger partial charge in [0, 0.05) is 39.3 Å². The Morgan fingerprint density at radius 2 is 2.10 bits per heavy atom. The lowest BCUT2D eigenvalue weighted by Crippen LogP contribution is -2.46. The van der Waals surface area contributed by atoms with Crippen molar-refractivity contribution in [2.24, 2.45) is 5.84 Å². The first-order chi connectivity index (χ1) is 4.93. The Balaban J connectivity index is 2.02. The van der Waals surface area contributed by atoms with Crippen molar-refractivity contribution in [3.8, 4) is 0 Å². The molecular formula is C6H16N4. The second-order valence-electron chi connectivity index (χ2n) is 2.55. The summed E-state index contributed by atoms with van der Waals surface area (Å²) < 4.78 is 0. The molecule has 1 aliphatic heterocycles. The van der Waals surface area contributed by atoms with Crippen LogP contribution in [0.25, 0.3) is 0 Å². The van der Waals surface area contributed by atoms with Gasteiger partial charge in [-0.05, 0) is 0 Å². The summed E-state index contributed by atoms with van der Waals surface area (Å²) in [6, 6.07) is 0. The Labute approximate surface area is 61.7 Å². The zero-order valence-corrected chi connectivity index (χ0v) is 6.27. The SMILES string of the molecule is NNCCN1CCNCC1. The third-order valence-electron chi connectivity index (χ3n) is 1.78. The lowest BCUT2D eigenvalue weighted by atomic mass is 10.3. The van der Waals surface area contributed by atoms with E-state index in [2.05, 4.69) is 15.6 Å². The molecule has 1 fully saturated rings. The molecule has 0 aliphatic carbocycles. The molecular weight excluding hydrogens is 128 g/mol. The zero-order valence-electron chi connectivity index (χ0n) is 6.27. The first kappa shape index (κ1) is 7.94. The molecule has 0 amide bonds. The van der Waals surface area contributed by atoms with E-state index in [9.17, 15) is 0 Å². The number of nitrogens with zero attached hydrogens (tertiary/aromatic N) is 1. The van der Waals surface area contributed by atoms with Crippen molar-refractivity contribution >= 4 is 0 Å². The number of hydrazine groups is 1. The lowest BCUT2D eigenvalue weighted by molar-refractivity contribution is 0.241. The number of rotatable bonds is 3. The normalized spacial score (nSPS) is 21.3. The maximum atomic E-state index is 5.15. The smallest absolute Gasteiger partial charge is 0.0225 e. The minimum Gasteiger partial charge on any atom is -0.314 e. The molecule has 0 unspecified atom stereocenters. The molecule has 1 saturated heterocycles. The molecule has 1 rings (SSSR count). The summed E-state index contributed by atoms with van der Waals surface area (Å²) in [5, 5.41) is 3.30. The minimum atomic E-state index is 0.889. The number of hydrogen-bond acceptors (Lipinski definition) is 4. The van der Waals surface area contributed by atoms with Crippen LogP contribution in [0.15, 0.2) is 0 Å². The van der Waals surface area contributed by atoms with E-state index < -0.39 is 0 Å². The topological polar surface area (TPSA) is 53.3 Å². The summed E-state index contributed by atoms with van der Waals surface area (Å²) >= 11 is 0. The van der Waals surface area contributed by atoms with Gasteiger partial charge in [0.05, 0.1) is 0 Å². The molecule has 1 aliphatic rings. The summed E-state index contributed by atoms with van der Waals surface area (Å²) in [7, 11) is 0. The summed E-state index contributed by atoms with van der Waals surface area (Å²) in [4.78, 5) is 2.40. The molecule has 10 heavy (non-hydrogen) atoms. The van der Waals surface area contributed by atoms with Gasteiger partial charge >= 0.3 is 0 Å². The van der Waals surface area contributed by atoms with Gasteiger partial charge in [0.15, 0.2) is 0 Å². The number of piperazine rings is 1. The zero-order chi connectivity index (χ0) is 7.23. The van der Waals surface area contributed by atoms with E-state index in [4.69, 9.17) is 5.84 Å². The van der Waals surface area contributed by atoms with Crippen LogP contribution < -0.4 is 16.6 Å². The van der Waals surface area contributed by atoms with Gasteiger partial charge in [-0.1, -0.05) is 0 Å². The van der Waals surface area contributed by atoms with Gasteiger partial charge in [-0.25, -0.2) is 0 Å². The molecule has 0 spiro atoms. The van der Waals surface area contributed by atoms with E-state index in [0.717, 1.165) is 39.3 Å². The fourth-order valence-corrected chi connectivity index (χ4v) is 1.16. The Bertz CT molecular complexity index is 79.8. The molecule has 0 aromatic carbocycles. The predicted octanol–water partition coefficient (Wildman–Crippen LogP) is -1.65. The largest absolute Gasteiger partial charge is 0.314 e. The Hall–Kier alpha value is -0.160. The highest BCUT2D eigenvalue weighted by atomic mass is 15.2. The molecule has 0 aromatic heterocycles. The summed E-state index contributed by atoms with van der Waals surface area (Å²) in [6.45, 7) is 6.50. The van der Waals surface area contributed by atoms with Gasteiger partial charge in [-0.3, -0.25) is 16.2 Å². The van der Waals surface area contributed by atoms with Gasteiger partial charge in [0.1, 0.15) is 0 Å². The van der Waals surface area contributed by atoms with Crippen molar-refractivity contribution in [2.45, 2.75) is 0 Å². The first-order valence-corrected chi connectivity index (χ1v) is 3.80. The van der Waals surface area contributed by atoms with Crippen LogP contribution in [0.2, 0.25) is 0 Å². The predicted molar refractivity (Wildman–Crippen MR) is 41.5 cm³/mol. The minimum absolute atomic E-state index is 0.889. The monoisotopic (exact) mass is 144 g/mol. The highest BCUT2D eigenvalue weighted by Gasteiger charge is 2.07. The van der Waals surface area contributed by atoms with Gasteiger partial charge < -0.3 is 5.32 Å². The van der Waals surface area contributed by atoms with Crippen LogP contribution in [-0.2, 0) is 0 Å². The number of nitrogens with one attached hydrogen (secondary N) is 2. The van der Waals surface area contributed by atoms with Crippen LogP contribution in [0.3, 0.4) is 0 Å². The average Bonchev–Trinajstić information content (AvgIpc) is 2.03. The van der Waals surface area contributed by atoms with E-state index in [1.54, 1.807) is 0 Å². The maximum Gasteiger partial charge on any atom is 0.0225 e. The Morgan fingerprint density at radius 3 is 2.70 bits per heavy atom. The first-order valence-electron chi connectivity index (χ1n) is 3.80. The van der Waals surface area contributed by atoms with Crippen molar-refractivity contribution in [1.29, 1.82) is 0 Å². The fourth-order valence-electron chi connectivity index (χ4n) is 1.16. The summed E-state index contributed by atoms with van der Waals surface area (Å²) in [5.74, 6) is 5.15. The lowest BCUT2D eigenvalue weighted by Gasteiger charge is -2.26. The third-order valence-corrected chi connectivity index (χ3v) is 1.78. The standard InChI is InChI=1S/C6H16N4/c7-9-3-6-10-4-1-8-2-5-10/h8-9H,1-7H2. The fraction of sp³-hybridized carbons (Fsp3) is 1.00. The number of hydrogen-bond donors (Lipinski definition) is 3.